The molecule has 19 heavy (non-hydrogen) atoms. The van der Waals surface area contributed by atoms with Gasteiger partial charge in [0.2, 0.25) is 0 Å². The third-order valence-electron chi connectivity index (χ3n) is 2.92. The van der Waals surface area contributed by atoms with Crippen molar-refractivity contribution in [2.75, 3.05) is 38.6 Å². The number of ether oxygens (including phenoxy) is 1. The molecule has 0 aromatic carbocycles. The second-order valence-electron chi connectivity index (χ2n) is 4.40. The number of hydrogen-bond acceptors (Lipinski definition) is 6. The van der Waals surface area contributed by atoms with Gasteiger partial charge in [0.1, 0.15) is 0 Å². The largest absolute Gasteiger partial charge is 0.379 e. The Morgan fingerprint density at radius 1 is 1.53 bits per heavy atom. The van der Waals surface area contributed by atoms with Crippen LogP contribution >= 0.6 is 11.8 Å². The Morgan fingerprint density at radius 3 is 2.95 bits per heavy atom. The number of aryl methyl sites for hydroxylation is 1. The summed E-state index contributed by atoms with van der Waals surface area (Å²) in [6, 6.07) is 1.57. The molecular weight excluding hydrogens is 266 g/mol. The van der Waals surface area contributed by atoms with Crippen molar-refractivity contribution in [3.8, 4) is 0 Å². The summed E-state index contributed by atoms with van der Waals surface area (Å²) in [6.07, 6.45) is 1.67. The summed E-state index contributed by atoms with van der Waals surface area (Å²) >= 11 is 1.44. The van der Waals surface area contributed by atoms with Crippen LogP contribution in [0.25, 0.3) is 0 Å². The Morgan fingerprint density at radius 2 is 2.26 bits per heavy atom. The lowest BCUT2D eigenvalue weighted by molar-refractivity contribution is -0.388. The van der Waals surface area contributed by atoms with Crippen LogP contribution in [0.15, 0.2) is 17.3 Å². The molecule has 1 aromatic heterocycles. The van der Waals surface area contributed by atoms with Crippen LogP contribution in [0.2, 0.25) is 0 Å². The maximum atomic E-state index is 11.0. The smallest absolute Gasteiger partial charge is 0.301 e. The molecule has 7 heteroatoms. The van der Waals surface area contributed by atoms with Crippen LogP contribution in [0.1, 0.15) is 5.56 Å². The van der Waals surface area contributed by atoms with E-state index in [0.29, 0.717) is 5.03 Å². The van der Waals surface area contributed by atoms with E-state index in [1.807, 2.05) is 6.92 Å². The van der Waals surface area contributed by atoms with Gasteiger partial charge in [-0.05, 0) is 12.5 Å². The molecule has 1 aliphatic heterocycles. The third kappa shape index (κ3) is 4.15. The molecule has 0 saturated carbocycles. The highest BCUT2D eigenvalue weighted by Gasteiger charge is 2.16. The van der Waals surface area contributed by atoms with Crippen LogP contribution in [-0.2, 0) is 4.74 Å². The number of morpholine rings is 1. The zero-order valence-corrected chi connectivity index (χ0v) is 11.7. The Balaban J connectivity index is 1.89. The van der Waals surface area contributed by atoms with Crippen LogP contribution in [0.4, 0.5) is 5.69 Å². The minimum atomic E-state index is -0.364. The first-order valence-electron chi connectivity index (χ1n) is 6.21. The summed E-state index contributed by atoms with van der Waals surface area (Å²) < 4.78 is 5.28. The zero-order chi connectivity index (χ0) is 13.7. The summed E-state index contributed by atoms with van der Waals surface area (Å²) in [4.78, 5) is 17.1. The molecule has 2 rings (SSSR count). The van der Waals surface area contributed by atoms with Crippen molar-refractivity contribution >= 4 is 17.4 Å². The van der Waals surface area contributed by atoms with E-state index in [0.717, 1.165) is 44.2 Å². The molecule has 104 valence electrons. The molecular formula is C12H17N3O3S. The van der Waals surface area contributed by atoms with E-state index >= 15 is 0 Å². The maximum absolute atomic E-state index is 11.0. The topological polar surface area (TPSA) is 68.5 Å². The maximum Gasteiger partial charge on any atom is 0.301 e. The van der Waals surface area contributed by atoms with E-state index in [2.05, 4.69) is 9.88 Å². The lowest BCUT2D eigenvalue weighted by Crippen LogP contribution is -2.37. The summed E-state index contributed by atoms with van der Waals surface area (Å²) in [7, 11) is 0. The van der Waals surface area contributed by atoms with Gasteiger partial charge in [-0.25, -0.2) is 4.98 Å². The molecule has 0 amide bonds. The number of nitrogens with zero attached hydrogens (tertiary/aromatic N) is 3. The monoisotopic (exact) mass is 283 g/mol. The zero-order valence-electron chi connectivity index (χ0n) is 10.9. The second kappa shape index (κ2) is 6.83. The first-order valence-corrected chi connectivity index (χ1v) is 7.19. The van der Waals surface area contributed by atoms with Gasteiger partial charge in [0, 0.05) is 37.7 Å². The van der Waals surface area contributed by atoms with Gasteiger partial charge in [-0.3, -0.25) is 15.0 Å². The van der Waals surface area contributed by atoms with E-state index in [1.165, 1.54) is 11.8 Å². The van der Waals surface area contributed by atoms with Crippen molar-refractivity contribution < 1.29 is 9.66 Å². The van der Waals surface area contributed by atoms with Gasteiger partial charge in [0.25, 0.3) is 0 Å². The van der Waals surface area contributed by atoms with E-state index in [9.17, 15) is 10.1 Å². The highest BCUT2D eigenvalue weighted by Crippen LogP contribution is 2.27. The Labute approximate surface area is 116 Å². The van der Waals surface area contributed by atoms with Gasteiger partial charge in [-0.15, -0.1) is 0 Å². The molecule has 0 radical (unpaired) electrons. The summed E-state index contributed by atoms with van der Waals surface area (Å²) in [5, 5.41) is 11.5. The predicted molar refractivity (Wildman–Crippen MR) is 73.6 cm³/mol. The molecule has 0 bridgehead atoms. The molecule has 0 spiro atoms. The lowest BCUT2D eigenvalue weighted by Gasteiger charge is -2.26. The Kier molecular flexibility index (Phi) is 5.12. The average molecular weight is 283 g/mol. The fourth-order valence-electron chi connectivity index (χ4n) is 1.88. The number of hydrogen-bond donors (Lipinski definition) is 0. The van der Waals surface area contributed by atoms with Gasteiger partial charge < -0.3 is 4.74 Å². The summed E-state index contributed by atoms with van der Waals surface area (Å²) in [5.74, 6) is 0.802. The number of nitro groups is 1. The van der Waals surface area contributed by atoms with Crippen molar-refractivity contribution in [1.29, 1.82) is 0 Å². The van der Waals surface area contributed by atoms with Crippen molar-refractivity contribution in [3.05, 3.63) is 27.9 Å². The molecule has 2 heterocycles. The number of thioether (sulfide) groups is 1. The highest BCUT2D eigenvalue weighted by molar-refractivity contribution is 7.99. The minimum absolute atomic E-state index is 0.104. The van der Waals surface area contributed by atoms with Crippen molar-refractivity contribution in [2.24, 2.45) is 0 Å². The molecule has 0 unspecified atom stereocenters. The van der Waals surface area contributed by atoms with Crippen LogP contribution in [0.5, 0.6) is 0 Å². The normalized spacial score (nSPS) is 16.5. The van der Waals surface area contributed by atoms with Crippen LogP contribution < -0.4 is 0 Å². The quantitative estimate of drug-likeness (QED) is 0.465. The van der Waals surface area contributed by atoms with Crippen LogP contribution in [-0.4, -0.2) is 53.4 Å². The molecule has 0 N–H and O–H groups in total. The van der Waals surface area contributed by atoms with Gasteiger partial charge in [0.05, 0.1) is 18.1 Å². The van der Waals surface area contributed by atoms with Crippen molar-refractivity contribution in [3.63, 3.8) is 0 Å². The fraction of sp³-hybridized carbons (Fsp3) is 0.583. The van der Waals surface area contributed by atoms with E-state index in [-0.39, 0.29) is 10.6 Å². The van der Waals surface area contributed by atoms with Crippen LogP contribution in [0, 0.1) is 17.0 Å². The molecule has 0 aliphatic carbocycles. The van der Waals surface area contributed by atoms with Crippen molar-refractivity contribution in [2.45, 2.75) is 11.9 Å². The molecule has 0 atom stereocenters. The van der Waals surface area contributed by atoms with Gasteiger partial charge >= 0.3 is 5.69 Å². The van der Waals surface area contributed by atoms with Crippen LogP contribution in [0.3, 0.4) is 0 Å². The molecule has 6 nitrogen and oxygen atoms in total. The first-order chi connectivity index (χ1) is 9.16. The summed E-state index contributed by atoms with van der Waals surface area (Å²) in [5.41, 5.74) is 0.913. The average Bonchev–Trinajstić information content (AvgIpc) is 2.41. The molecule has 1 saturated heterocycles. The van der Waals surface area contributed by atoms with Gasteiger partial charge in [-0.2, -0.15) is 0 Å². The van der Waals surface area contributed by atoms with E-state index < -0.39 is 0 Å². The van der Waals surface area contributed by atoms with Gasteiger partial charge in [0.15, 0.2) is 5.03 Å². The SMILES string of the molecule is Cc1cnc(SCCN2CCOCC2)c([N+](=O)[O-])c1. The predicted octanol–water partition coefficient (Wildman–Crippen LogP) is 1.72. The Hall–Kier alpha value is -1.18. The third-order valence-corrected chi connectivity index (χ3v) is 3.89. The molecule has 1 aromatic rings. The molecule has 1 aliphatic rings. The van der Waals surface area contributed by atoms with Crippen molar-refractivity contribution in [1.82, 2.24) is 9.88 Å². The standard InChI is InChI=1S/C12H17N3O3S/c1-10-8-11(15(16)17)12(13-9-10)19-7-4-14-2-5-18-6-3-14/h8-9H,2-7H2,1H3. The minimum Gasteiger partial charge on any atom is -0.379 e. The number of pyridine rings is 1. The Bertz CT molecular complexity index is 450. The highest BCUT2D eigenvalue weighted by atomic mass is 32.2. The number of rotatable bonds is 5. The summed E-state index contributed by atoms with van der Waals surface area (Å²) in [6.45, 7) is 6.12. The molecule has 1 fully saturated rings. The van der Waals surface area contributed by atoms with Gasteiger partial charge in [-0.1, -0.05) is 11.8 Å². The number of aromatic nitrogens is 1. The second-order valence-corrected chi connectivity index (χ2v) is 5.48. The van der Waals surface area contributed by atoms with E-state index in [1.54, 1.807) is 12.3 Å². The fourth-order valence-corrected chi connectivity index (χ4v) is 2.83. The lowest BCUT2D eigenvalue weighted by atomic mass is 10.3. The first kappa shape index (κ1) is 14.2. The van der Waals surface area contributed by atoms with E-state index in [4.69, 9.17) is 4.74 Å².